The van der Waals surface area contributed by atoms with E-state index in [1.165, 1.54) is 0 Å². The van der Waals surface area contributed by atoms with Crippen LogP contribution < -0.4 is 9.04 Å². The molecule has 0 amide bonds. The summed E-state index contributed by atoms with van der Waals surface area (Å²) in [6, 6.07) is 3.77. The van der Waals surface area contributed by atoms with Gasteiger partial charge in [0.1, 0.15) is 5.75 Å². The van der Waals surface area contributed by atoms with Gasteiger partial charge < -0.3 is 4.74 Å². The lowest BCUT2D eigenvalue weighted by Crippen LogP contribution is -1.92. The molecule has 0 atom stereocenters. The molecule has 0 spiro atoms. The van der Waals surface area contributed by atoms with E-state index < -0.39 is 0 Å². The highest BCUT2D eigenvalue weighted by Crippen LogP contribution is 2.33. The number of ether oxygens (including phenoxy) is 1. The highest BCUT2D eigenvalue weighted by Gasteiger charge is 2.24. The van der Waals surface area contributed by atoms with Crippen LogP contribution in [0.4, 0.5) is 5.95 Å². The zero-order valence-corrected chi connectivity index (χ0v) is 8.36. The van der Waals surface area contributed by atoms with Crippen LogP contribution in [0.25, 0.3) is 5.65 Å². The maximum absolute atomic E-state index is 5.10. The summed E-state index contributed by atoms with van der Waals surface area (Å²) in [5, 5.41) is 4.31. The van der Waals surface area contributed by atoms with E-state index in [4.69, 9.17) is 4.74 Å². The number of anilines is 1. The van der Waals surface area contributed by atoms with E-state index in [0.717, 1.165) is 23.2 Å². The van der Waals surface area contributed by atoms with Crippen LogP contribution in [0, 0.1) is 0 Å². The lowest BCUT2D eigenvalue weighted by Gasteiger charge is -1.97. The molecule has 0 aromatic carbocycles. The Balaban J connectivity index is 2.12. The van der Waals surface area contributed by atoms with Gasteiger partial charge in [0.2, 0.25) is 0 Å². The molecule has 2 aromatic heterocycles. The molecule has 0 aliphatic carbocycles. The zero-order chi connectivity index (χ0) is 9.54. The number of methoxy groups -OCH3 is 1. The van der Waals surface area contributed by atoms with Gasteiger partial charge in [-0.3, -0.25) is 4.31 Å². The Morgan fingerprint density at radius 3 is 3.07 bits per heavy atom. The predicted molar refractivity (Wildman–Crippen MR) is 54.5 cm³/mol. The summed E-state index contributed by atoms with van der Waals surface area (Å²) in [4.78, 5) is 4.35. The number of fused-ring (bicyclic) bond motifs is 1. The SMILES string of the molecule is COc1ccc2nc(N3CS3)nn2c1. The summed E-state index contributed by atoms with van der Waals surface area (Å²) >= 11 is 1.71. The first-order chi connectivity index (χ1) is 6.86. The van der Waals surface area contributed by atoms with Crippen molar-refractivity contribution in [2.24, 2.45) is 0 Å². The van der Waals surface area contributed by atoms with Crippen LogP contribution in [0.5, 0.6) is 5.75 Å². The van der Waals surface area contributed by atoms with Gasteiger partial charge in [-0.2, -0.15) is 4.98 Å². The first-order valence-electron chi connectivity index (χ1n) is 4.18. The molecule has 0 saturated carbocycles. The third kappa shape index (κ3) is 1.19. The monoisotopic (exact) mass is 208 g/mol. The van der Waals surface area contributed by atoms with Crippen LogP contribution in [0.15, 0.2) is 18.3 Å². The fourth-order valence-electron chi connectivity index (χ4n) is 1.22. The number of hydrogen-bond acceptors (Lipinski definition) is 5. The third-order valence-electron chi connectivity index (χ3n) is 2.01. The van der Waals surface area contributed by atoms with Gasteiger partial charge in [-0.15, -0.1) is 5.10 Å². The lowest BCUT2D eigenvalue weighted by atomic mass is 10.4. The quantitative estimate of drug-likeness (QED) is 0.547. The Labute approximate surface area is 84.8 Å². The van der Waals surface area contributed by atoms with Gasteiger partial charge >= 0.3 is 0 Å². The Morgan fingerprint density at radius 2 is 2.36 bits per heavy atom. The molecule has 14 heavy (non-hydrogen) atoms. The average Bonchev–Trinajstić information content (AvgIpc) is 2.97. The maximum atomic E-state index is 5.10. The number of pyridine rings is 1. The zero-order valence-electron chi connectivity index (χ0n) is 7.54. The van der Waals surface area contributed by atoms with Crippen LogP contribution in [0.3, 0.4) is 0 Å². The molecule has 1 aliphatic rings. The van der Waals surface area contributed by atoms with Gasteiger partial charge in [-0.05, 0) is 24.1 Å². The van der Waals surface area contributed by atoms with Crippen molar-refractivity contribution in [1.29, 1.82) is 0 Å². The molecule has 3 rings (SSSR count). The second-order valence-corrected chi connectivity index (χ2v) is 3.88. The average molecular weight is 208 g/mol. The molecular weight excluding hydrogens is 200 g/mol. The molecule has 0 radical (unpaired) electrons. The second-order valence-electron chi connectivity index (χ2n) is 2.92. The Bertz CT molecular complexity index is 479. The van der Waals surface area contributed by atoms with Crippen molar-refractivity contribution < 1.29 is 4.74 Å². The highest BCUT2D eigenvalue weighted by atomic mass is 32.2. The standard InChI is InChI=1S/C8H8N4OS/c1-13-6-2-3-7-9-8(12-5-14-12)10-11(7)4-6/h2-4H,5H2,1H3. The van der Waals surface area contributed by atoms with Crippen molar-refractivity contribution in [3.8, 4) is 5.75 Å². The minimum Gasteiger partial charge on any atom is -0.495 e. The lowest BCUT2D eigenvalue weighted by molar-refractivity contribution is 0.411. The minimum atomic E-state index is 0.767. The van der Waals surface area contributed by atoms with Crippen molar-refractivity contribution >= 4 is 23.5 Å². The number of aromatic nitrogens is 3. The minimum absolute atomic E-state index is 0.767. The van der Waals surface area contributed by atoms with E-state index in [1.807, 2.05) is 22.6 Å². The molecule has 1 fully saturated rings. The second kappa shape index (κ2) is 2.78. The molecule has 3 heterocycles. The fraction of sp³-hybridized carbons (Fsp3) is 0.250. The van der Waals surface area contributed by atoms with E-state index in [2.05, 4.69) is 10.1 Å². The molecule has 0 unspecified atom stereocenters. The van der Waals surface area contributed by atoms with Crippen LogP contribution >= 0.6 is 11.9 Å². The summed E-state index contributed by atoms with van der Waals surface area (Å²) in [6.45, 7) is 0. The molecule has 2 aromatic rings. The molecule has 1 aliphatic heterocycles. The third-order valence-corrected chi connectivity index (χ3v) is 2.69. The van der Waals surface area contributed by atoms with E-state index in [0.29, 0.717) is 0 Å². The van der Waals surface area contributed by atoms with E-state index in [-0.39, 0.29) is 0 Å². The van der Waals surface area contributed by atoms with Gasteiger partial charge in [0.25, 0.3) is 5.95 Å². The summed E-state index contributed by atoms with van der Waals surface area (Å²) in [6.07, 6.45) is 1.82. The molecule has 72 valence electrons. The first kappa shape index (κ1) is 7.93. The van der Waals surface area contributed by atoms with Crippen LogP contribution in [0.1, 0.15) is 0 Å². The molecule has 1 saturated heterocycles. The number of rotatable bonds is 2. The summed E-state index contributed by atoms with van der Waals surface area (Å²) < 4.78 is 8.86. The van der Waals surface area contributed by atoms with Crippen molar-refractivity contribution in [2.75, 3.05) is 17.3 Å². The molecule has 0 N–H and O–H groups in total. The van der Waals surface area contributed by atoms with E-state index in [1.54, 1.807) is 23.6 Å². The van der Waals surface area contributed by atoms with Crippen molar-refractivity contribution in [1.82, 2.24) is 14.6 Å². The van der Waals surface area contributed by atoms with Gasteiger partial charge in [0.05, 0.1) is 19.2 Å². The largest absolute Gasteiger partial charge is 0.495 e. The first-order valence-corrected chi connectivity index (χ1v) is 5.12. The van der Waals surface area contributed by atoms with Crippen molar-refractivity contribution in [3.05, 3.63) is 18.3 Å². The molecule has 0 bridgehead atoms. The molecule has 6 heteroatoms. The fourth-order valence-corrected chi connectivity index (χ4v) is 1.59. The molecule has 5 nitrogen and oxygen atoms in total. The molecular formula is C8H8N4OS. The normalized spacial score (nSPS) is 14.8. The van der Waals surface area contributed by atoms with Crippen molar-refractivity contribution in [3.63, 3.8) is 0 Å². The Hall–Kier alpha value is -1.43. The number of nitrogens with zero attached hydrogens (tertiary/aromatic N) is 4. The Kier molecular flexibility index (Phi) is 1.57. The topological polar surface area (TPSA) is 42.4 Å². The smallest absolute Gasteiger partial charge is 0.256 e. The summed E-state index contributed by atoms with van der Waals surface area (Å²) in [5.41, 5.74) is 0.841. The maximum Gasteiger partial charge on any atom is 0.256 e. The van der Waals surface area contributed by atoms with Gasteiger partial charge in [-0.25, -0.2) is 4.52 Å². The summed E-state index contributed by atoms with van der Waals surface area (Å²) in [7, 11) is 1.64. The van der Waals surface area contributed by atoms with E-state index >= 15 is 0 Å². The predicted octanol–water partition coefficient (Wildman–Crippen LogP) is 1.16. The Morgan fingerprint density at radius 1 is 1.50 bits per heavy atom. The van der Waals surface area contributed by atoms with Gasteiger partial charge in [0.15, 0.2) is 5.65 Å². The number of hydrogen-bond donors (Lipinski definition) is 0. The van der Waals surface area contributed by atoms with Crippen LogP contribution in [-0.2, 0) is 0 Å². The van der Waals surface area contributed by atoms with Gasteiger partial charge in [0, 0.05) is 0 Å². The summed E-state index contributed by atoms with van der Waals surface area (Å²) in [5.74, 6) is 2.53. The van der Waals surface area contributed by atoms with E-state index in [9.17, 15) is 0 Å². The van der Waals surface area contributed by atoms with Gasteiger partial charge in [-0.1, -0.05) is 0 Å². The van der Waals surface area contributed by atoms with Crippen LogP contribution in [-0.4, -0.2) is 27.6 Å². The highest BCUT2D eigenvalue weighted by molar-refractivity contribution is 8.07. The van der Waals surface area contributed by atoms with Crippen molar-refractivity contribution in [2.45, 2.75) is 0 Å². The van der Waals surface area contributed by atoms with Crippen LogP contribution in [0.2, 0.25) is 0 Å².